The molecule has 23 heavy (non-hydrogen) atoms. The lowest BCUT2D eigenvalue weighted by atomic mass is 10.2. The summed E-state index contributed by atoms with van der Waals surface area (Å²) in [6.45, 7) is 2.09. The Labute approximate surface area is 143 Å². The fourth-order valence-electron chi connectivity index (χ4n) is 2.63. The van der Waals surface area contributed by atoms with Crippen molar-refractivity contribution in [2.24, 2.45) is 0 Å². The Morgan fingerprint density at radius 2 is 1.96 bits per heavy atom. The van der Waals surface area contributed by atoms with Crippen molar-refractivity contribution < 1.29 is 4.79 Å². The number of aromatic nitrogens is 2. The topological polar surface area (TPSA) is 37.6 Å². The van der Waals surface area contributed by atoms with Gasteiger partial charge in [-0.25, -0.2) is 4.98 Å². The Bertz CT molecular complexity index is 842. The van der Waals surface area contributed by atoms with E-state index in [1.165, 1.54) is 0 Å². The van der Waals surface area contributed by atoms with Gasteiger partial charge in [-0.3, -0.25) is 9.20 Å². The zero-order chi connectivity index (χ0) is 16.4. The van der Waals surface area contributed by atoms with Gasteiger partial charge in [0.1, 0.15) is 11.3 Å². The fraction of sp³-hybridized carbons (Fsp3) is 0.222. The molecule has 3 rings (SSSR count). The zero-order valence-electron chi connectivity index (χ0n) is 13.2. The van der Waals surface area contributed by atoms with E-state index >= 15 is 0 Å². The monoisotopic (exact) mass is 371 g/mol. The van der Waals surface area contributed by atoms with E-state index in [0.29, 0.717) is 5.69 Å². The molecule has 1 amide bonds. The van der Waals surface area contributed by atoms with Gasteiger partial charge in [0.05, 0.1) is 5.69 Å². The molecule has 0 saturated heterocycles. The van der Waals surface area contributed by atoms with Crippen LogP contribution in [0.5, 0.6) is 0 Å². The standard InChI is InChI=1S/C18H18BrN3O/c1-3-7-15-17(22-12-13(19)10-11-16(22)20-15)18(23)21(2)14-8-5-4-6-9-14/h4-6,8-12H,3,7H2,1-2H3. The number of hydrogen-bond acceptors (Lipinski definition) is 2. The predicted octanol–water partition coefficient (Wildman–Crippen LogP) is 4.33. The van der Waals surface area contributed by atoms with E-state index < -0.39 is 0 Å². The van der Waals surface area contributed by atoms with Crippen LogP contribution in [0.2, 0.25) is 0 Å². The molecule has 0 N–H and O–H groups in total. The lowest BCUT2D eigenvalue weighted by Gasteiger charge is -2.17. The number of imidazole rings is 1. The second kappa shape index (κ2) is 6.54. The fourth-order valence-corrected chi connectivity index (χ4v) is 2.97. The van der Waals surface area contributed by atoms with Crippen LogP contribution >= 0.6 is 15.9 Å². The molecule has 1 aromatic carbocycles. The quantitative estimate of drug-likeness (QED) is 0.684. The first-order valence-electron chi connectivity index (χ1n) is 7.61. The van der Waals surface area contributed by atoms with Crippen molar-refractivity contribution in [3.63, 3.8) is 0 Å². The summed E-state index contributed by atoms with van der Waals surface area (Å²) in [6, 6.07) is 13.5. The van der Waals surface area contributed by atoms with Crippen molar-refractivity contribution in [2.75, 3.05) is 11.9 Å². The van der Waals surface area contributed by atoms with Gasteiger partial charge in [-0.1, -0.05) is 31.5 Å². The summed E-state index contributed by atoms with van der Waals surface area (Å²) in [6.07, 6.45) is 3.62. The summed E-state index contributed by atoms with van der Waals surface area (Å²) < 4.78 is 2.79. The average molecular weight is 372 g/mol. The third kappa shape index (κ3) is 3.01. The van der Waals surface area contributed by atoms with Crippen LogP contribution in [0.3, 0.4) is 0 Å². The van der Waals surface area contributed by atoms with E-state index in [9.17, 15) is 4.79 Å². The number of nitrogens with zero attached hydrogens (tertiary/aromatic N) is 3. The molecule has 0 aliphatic rings. The molecule has 4 nitrogen and oxygen atoms in total. The first kappa shape index (κ1) is 15.7. The normalized spacial score (nSPS) is 10.9. The highest BCUT2D eigenvalue weighted by Gasteiger charge is 2.22. The van der Waals surface area contributed by atoms with Crippen LogP contribution in [0.1, 0.15) is 29.5 Å². The maximum absolute atomic E-state index is 13.1. The molecule has 2 heterocycles. The molecule has 0 unspecified atom stereocenters. The van der Waals surface area contributed by atoms with Gasteiger partial charge in [0.15, 0.2) is 0 Å². The molecule has 0 saturated carbocycles. The summed E-state index contributed by atoms with van der Waals surface area (Å²) >= 11 is 3.47. The van der Waals surface area contributed by atoms with Crippen molar-refractivity contribution in [3.8, 4) is 0 Å². The first-order valence-corrected chi connectivity index (χ1v) is 8.40. The molecule has 3 aromatic rings. The number of hydrogen-bond donors (Lipinski definition) is 0. The second-order valence-electron chi connectivity index (χ2n) is 5.43. The van der Waals surface area contributed by atoms with Crippen LogP contribution < -0.4 is 4.90 Å². The number of amides is 1. The predicted molar refractivity (Wildman–Crippen MR) is 96.1 cm³/mol. The number of carbonyl (C=O) groups is 1. The van der Waals surface area contributed by atoms with Crippen molar-refractivity contribution >= 4 is 33.2 Å². The van der Waals surface area contributed by atoms with Gasteiger partial charge in [-0.2, -0.15) is 0 Å². The summed E-state index contributed by atoms with van der Waals surface area (Å²) in [5.74, 6) is -0.0507. The van der Waals surface area contributed by atoms with Gasteiger partial charge in [0.25, 0.3) is 5.91 Å². The number of halogens is 1. The summed E-state index contributed by atoms with van der Waals surface area (Å²) in [5.41, 5.74) is 3.14. The molecule has 5 heteroatoms. The maximum atomic E-state index is 13.1. The van der Waals surface area contributed by atoms with Crippen molar-refractivity contribution in [2.45, 2.75) is 19.8 Å². The summed E-state index contributed by atoms with van der Waals surface area (Å²) in [4.78, 5) is 19.4. The average Bonchev–Trinajstić information content (AvgIpc) is 2.92. The largest absolute Gasteiger partial charge is 0.310 e. The highest BCUT2D eigenvalue weighted by molar-refractivity contribution is 9.10. The molecule has 0 fully saturated rings. The van der Waals surface area contributed by atoms with Crippen LogP contribution in [-0.2, 0) is 6.42 Å². The molecule has 0 bridgehead atoms. The van der Waals surface area contributed by atoms with E-state index in [-0.39, 0.29) is 5.91 Å². The second-order valence-corrected chi connectivity index (χ2v) is 6.35. The SMILES string of the molecule is CCCc1nc2ccc(Br)cn2c1C(=O)N(C)c1ccccc1. The Morgan fingerprint density at radius 1 is 1.22 bits per heavy atom. The van der Waals surface area contributed by atoms with Gasteiger partial charge in [-0.15, -0.1) is 0 Å². The number of fused-ring (bicyclic) bond motifs is 1. The Hall–Kier alpha value is -2.14. The third-order valence-electron chi connectivity index (χ3n) is 3.79. The number of para-hydroxylation sites is 1. The van der Waals surface area contributed by atoms with Gasteiger partial charge in [0, 0.05) is 23.4 Å². The van der Waals surface area contributed by atoms with Gasteiger partial charge < -0.3 is 4.90 Å². The molecular weight excluding hydrogens is 354 g/mol. The molecule has 0 aliphatic heterocycles. The molecular formula is C18H18BrN3O. The number of aryl methyl sites for hydroxylation is 1. The summed E-state index contributed by atoms with van der Waals surface area (Å²) in [5, 5.41) is 0. The number of rotatable bonds is 4. The number of benzene rings is 1. The van der Waals surface area contributed by atoms with E-state index in [2.05, 4.69) is 27.8 Å². The minimum atomic E-state index is -0.0507. The number of pyridine rings is 1. The maximum Gasteiger partial charge on any atom is 0.276 e. The minimum Gasteiger partial charge on any atom is -0.310 e. The minimum absolute atomic E-state index is 0.0507. The molecule has 0 atom stereocenters. The number of carbonyl (C=O) groups excluding carboxylic acids is 1. The lowest BCUT2D eigenvalue weighted by Crippen LogP contribution is -2.28. The Balaban J connectivity index is 2.11. The van der Waals surface area contributed by atoms with E-state index in [0.717, 1.165) is 34.3 Å². The highest BCUT2D eigenvalue weighted by atomic mass is 79.9. The van der Waals surface area contributed by atoms with Gasteiger partial charge in [-0.05, 0) is 46.6 Å². The zero-order valence-corrected chi connectivity index (χ0v) is 14.7. The molecule has 0 aliphatic carbocycles. The smallest absolute Gasteiger partial charge is 0.276 e. The number of anilines is 1. The third-order valence-corrected chi connectivity index (χ3v) is 4.26. The van der Waals surface area contributed by atoms with E-state index in [1.54, 1.807) is 11.9 Å². The van der Waals surface area contributed by atoms with Crippen molar-refractivity contribution in [1.82, 2.24) is 9.38 Å². The van der Waals surface area contributed by atoms with E-state index in [1.807, 2.05) is 53.1 Å². The van der Waals surface area contributed by atoms with Gasteiger partial charge >= 0.3 is 0 Å². The Morgan fingerprint density at radius 3 is 2.65 bits per heavy atom. The van der Waals surface area contributed by atoms with Crippen LogP contribution in [0.25, 0.3) is 5.65 Å². The van der Waals surface area contributed by atoms with E-state index in [4.69, 9.17) is 0 Å². The van der Waals surface area contributed by atoms with Gasteiger partial charge in [0.2, 0.25) is 0 Å². The van der Waals surface area contributed by atoms with Crippen molar-refractivity contribution in [1.29, 1.82) is 0 Å². The molecule has 2 aromatic heterocycles. The Kier molecular flexibility index (Phi) is 4.48. The highest BCUT2D eigenvalue weighted by Crippen LogP contribution is 2.22. The van der Waals surface area contributed by atoms with Crippen molar-refractivity contribution in [3.05, 3.63) is 64.5 Å². The molecule has 0 radical (unpaired) electrons. The first-order chi connectivity index (χ1) is 11.1. The molecule has 118 valence electrons. The molecule has 0 spiro atoms. The lowest BCUT2D eigenvalue weighted by molar-refractivity contribution is 0.0986. The van der Waals surface area contributed by atoms with Crippen LogP contribution in [-0.4, -0.2) is 22.3 Å². The summed E-state index contributed by atoms with van der Waals surface area (Å²) in [7, 11) is 1.80. The van der Waals surface area contributed by atoms with Crippen LogP contribution in [0, 0.1) is 0 Å². The van der Waals surface area contributed by atoms with Crippen LogP contribution in [0.15, 0.2) is 53.1 Å². The van der Waals surface area contributed by atoms with Crippen LogP contribution in [0.4, 0.5) is 5.69 Å².